The quantitative estimate of drug-likeness (QED) is 0.544. The monoisotopic (exact) mass is 462 g/mol. The number of benzene rings is 2. The summed E-state index contributed by atoms with van der Waals surface area (Å²) in [5, 5.41) is 3.42. The molecule has 0 bridgehead atoms. The van der Waals surface area contributed by atoms with E-state index in [1.54, 1.807) is 24.3 Å². The lowest BCUT2D eigenvalue weighted by molar-refractivity contribution is -0.143. The van der Waals surface area contributed by atoms with E-state index in [1.807, 2.05) is 39.0 Å². The maximum atomic E-state index is 13.2. The van der Waals surface area contributed by atoms with Gasteiger partial charge in [0.05, 0.1) is 14.2 Å². The normalized spacial score (nSPS) is 11.6. The standard InChI is InChI=1S/C24H31ClN2O5/c1-6-22(24(29)26-16(2)3)27(14-17-9-7-8-10-21(17)25)23(28)15-32-20-12-18(30-4)11-19(13-20)31-5/h7-13,16,22H,6,14-15H2,1-5H3,(H,26,29)/t22-/m0/s1. The number of nitrogens with one attached hydrogen (secondary N) is 1. The smallest absolute Gasteiger partial charge is 0.261 e. The molecule has 7 nitrogen and oxygen atoms in total. The third-order valence-electron chi connectivity index (χ3n) is 4.80. The van der Waals surface area contributed by atoms with Crippen LogP contribution in [0.4, 0.5) is 0 Å². The molecule has 0 radical (unpaired) electrons. The minimum Gasteiger partial charge on any atom is -0.496 e. The van der Waals surface area contributed by atoms with E-state index >= 15 is 0 Å². The molecule has 32 heavy (non-hydrogen) atoms. The first kappa shape index (κ1) is 25.3. The van der Waals surface area contributed by atoms with Gasteiger partial charge in [0.25, 0.3) is 5.91 Å². The number of hydrogen-bond donors (Lipinski definition) is 1. The molecule has 0 fully saturated rings. The SMILES string of the molecule is CC[C@@H](C(=O)NC(C)C)N(Cc1ccccc1Cl)C(=O)COc1cc(OC)cc(OC)c1. The molecule has 2 rings (SSSR count). The highest BCUT2D eigenvalue weighted by molar-refractivity contribution is 6.31. The summed E-state index contributed by atoms with van der Waals surface area (Å²) in [7, 11) is 3.07. The molecule has 0 heterocycles. The fourth-order valence-electron chi connectivity index (χ4n) is 3.20. The van der Waals surface area contributed by atoms with Gasteiger partial charge in [-0.25, -0.2) is 0 Å². The van der Waals surface area contributed by atoms with Crippen molar-refractivity contribution in [3.05, 3.63) is 53.1 Å². The molecule has 0 spiro atoms. The van der Waals surface area contributed by atoms with Gasteiger partial charge in [-0.1, -0.05) is 36.7 Å². The van der Waals surface area contributed by atoms with Gasteiger partial charge in [0.2, 0.25) is 5.91 Å². The lowest BCUT2D eigenvalue weighted by atomic mass is 10.1. The Bertz CT molecular complexity index is 897. The summed E-state index contributed by atoms with van der Waals surface area (Å²) in [6.45, 7) is 5.55. The van der Waals surface area contributed by atoms with Crippen LogP contribution in [0.2, 0.25) is 5.02 Å². The van der Waals surface area contributed by atoms with E-state index in [0.717, 1.165) is 5.56 Å². The van der Waals surface area contributed by atoms with Gasteiger partial charge < -0.3 is 24.4 Å². The van der Waals surface area contributed by atoms with Gasteiger partial charge in [0.1, 0.15) is 23.3 Å². The third kappa shape index (κ3) is 7.05. The van der Waals surface area contributed by atoms with E-state index in [9.17, 15) is 9.59 Å². The summed E-state index contributed by atoms with van der Waals surface area (Å²) in [6, 6.07) is 11.6. The number of ether oxygens (including phenoxy) is 3. The van der Waals surface area contributed by atoms with Gasteiger partial charge in [0.15, 0.2) is 6.61 Å². The molecule has 2 aromatic carbocycles. The molecule has 1 atom stereocenters. The molecule has 0 aliphatic rings. The number of methoxy groups -OCH3 is 2. The summed E-state index contributed by atoms with van der Waals surface area (Å²) in [6.07, 6.45) is 0.446. The van der Waals surface area contributed by atoms with Gasteiger partial charge in [-0.3, -0.25) is 9.59 Å². The third-order valence-corrected chi connectivity index (χ3v) is 5.17. The van der Waals surface area contributed by atoms with Gasteiger partial charge in [-0.05, 0) is 31.9 Å². The van der Waals surface area contributed by atoms with Crippen LogP contribution in [-0.4, -0.2) is 49.6 Å². The maximum absolute atomic E-state index is 13.2. The number of rotatable bonds is 11. The Hall–Kier alpha value is -2.93. The van der Waals surface area contributed by atoms with Crippen LogP contribution in [-0.2, 0) is 16.1 Å². The zero-order valence-electron chi connectivity index (χ0n) is 19.2. The predicted octanol–water partition coefficient (Wildman–Crippen LogP) is 4.07. The van der Waals surface area contributed by atoms with E-state index in [0.29, 0.717) is 28.7 Å². The zero-order valence-corrected chi connectivity index (χ0v) is 19.9. The van der Waals surface area contributed by atoms with Crippen molar-refractivity contribution in [1.29, 1.82) is 0 Å². The van der Waals surface area contributed by atoms with Gasteiger partial charge in [-0.15, -0.1) is 0 Å². The first-order chi connectivity index (χ1) is 15.3. The molecule has 0 aliphatic heterocycles. The largest absolute Gasteiger partial charge is 0.496 e. The van der Waals surface area contributed by atoms with Crippen LogP contribution in [0.15, 0.2) is 42.5 Å². The number of halogens is 1. The molecule has 0 saturated carbocycles. The topological polar surface area (TPSA) is 77.1 Å². The summed E-state index contributed by atoms with van der Waals surface area (Å²) in [4.78, 5) is 27.6. The molecule has 2 aromatic rings. The molecule has 174 valence electrons. The Morgan fingerprint density at radius 2 is 1.62 bits per heavy atom. The summed E-state index contributed by atoms with van der Waals surface area (Å²) >= 11 is 6.33. The van der Waals surface area contributed by atoms with E-state index in [-0.39, 0.29) is 31.0 Å². The predicted molar refractivity (Wildman–Crippen MR) is 124 cm³/mol. The van der Waals surface area contributed by atoms with Crippen LogP contribution >= 0.6 is 11.6 Å². The van der Waals surface area contributed by atoms with Crippen LogP contribution in [0.5, 0.6) is 17.2 Å². The van der Waals surface area contributed by atoms with Crippen molar-refractivity contribution in [3.8, 4) is 17.2 Å². The minimum absolute atomic E-state index is 0.0469. The maximum Gasteiger partial charge on any atom is 0.261 e. The second-order valence-corrected chi connectivity index (χ2v) is 7.94. The summed E-state index contributed by atoms with van der Waals surface area (Å²) < 4.78 is 16.2. The van der Waals surface area contributed by atoms with Crippen molar-refractivity contribution >= 4 is 23.4 Å². The molecule has 0 unspecified atom stereocenters. The molecule has 0 saturated heterocycles. The van der Waals surface area contributed by atoms with Crippen LogP contribution in [0.3, 0.4) is 0 Å². The second kappa shape index (κ2) is 12.2. The van der Waals surface area contributed by atoms with E-state index in [2.05, 4.69) is 5.32 Å². The average molecular weight is 463 g/mol. The van der Waals surface area contributed by atoms with Crippen LogP contribution in [0.25, 0.3) is 0 Å². The number of amides is 2. The fourth-order valence-corrected chi connectivity index (χ4v) is 3.40. The highest BCUT2D eigenvalue weighted by Crippen LogP contribution is 2.27. The lowest BCUT2D eigenvalue weighted by Gasteiger charge is -2.31. The molecule has 2 amide bonds. The van der Waals surface area contributed by atoms with Crippen molar-refractivity contribution in [2.24, 2.45) is 0 Å². The van der Waals surface area contributed by atoms with Gasteiger partial charge in [0, 0.05) is 35.8 Å². The number of carbonyl (C=O) groups excluding carboxylic acids is 2. The van der Waals surface area contributed by atoms with E-state index in [1.165, 1.54) is 19.1 Å². The lowest BCUT2D eigenvalue weighted by Crippen LogP contribution is -2.51. The Kier molecular flexibility index (Phi) is 9.65. The summed E-state index contributed by atoms with van der Waals surface area (Å²) in [5.74, 6) is 0.959. The van der Waals surface area contributed by atoms with Crippen LogP contribution in [0, 0.1) is 0 Å². The fraction of sp³-hybridized carbons (Fsp3) is 0.417. The molecule has 1 N–H and O–H groups in total. The van der Waals surface area contributed by atoms with E-state index in [4.69, 9.17) is 25.8 Å². The highest BCUT2D eigenvalue weighted by atomic mass is 35.5. The number of hydrogen-bond acceptors (Lipinski definition) is 5. The first-order valence-corrected chi connectivity index (χ1v) is 10.9. The molecule has 0 aliphatic carbocycles. The molecular weight excluding hydrogens is 432 g/mol. The Morgan fingerprint density at radius 1 is 1.03 bits per heavy atom. The highest BCUT2D eigenvalue weighted by Gasteiger charge is 2.29. The van der Waals surface area contributed by atoms with Crippen molar-refractivity contribution in [3.63, 3.8) is 0 Å². The summed E-state index contributed by atoms with van der Waals surface area (Å²) in [5.41, 5.74) is 0.751. The minimum atomic E-state index is -0.662. The van der Waals surface area contributed by atoms with Gasteiger partial charge in [-0.2, -0.15) is 0 Å². The van der Waals surface area contributed by atoms with Crippen molar-refractivity contribution < 1.29 is 23.8 Å². The van der Waals surface area contributed by atoms with E-state index < -0.39 is 6.04 Å². The Balaban J connectivity index is 2.26. The Morgan fingerprint density at radius 3 is 2.16 bits per heavy atom. The number of nitrogens with zero attached hydrogens (tertiary/aromatic N) is 1. The second-order valence-electron chi connectivity index (χ2n) is 7.54. The van der Waals surface area contributed by atoms with Crippen molar-refractivity contribution in [2.75, 3.05) is 20.8 Å². The van der Waals surface area contributed by atoms with Crippen molar-refractivity contribution in [1.82, 2.24) is 10.2 Å². The Labute approximate surface area is 194 Å². The van der Waals surface area contributed by atoms with Crippen LogP contribution in [0.1, 0.15) is 32.8 Å². The van der Waals surface area contributed by atoms with Gasteiger partial charge >= 0.3 is 0 Å². The molecule has 8 heteroatoms. The number of carbonyl (C=O) groups is 2. The molecular formula is C24H31ClN2O5. The van der Waals surface area contributed by atoms with Crippen molar-refractivity contribution in [2.45, 2.75) is 45.8 Å². The van der Waals surface area contributed by atoms with Crippen LogP contribution < -0.4 is 19.5 Å². The average Bonchev–Trinajstić information content (AvgIpc) is 2.77. The first-order valence-electron chi connectivity index (χ1n) is 10.5. The molecule has 0 aromatic heterocycles. The zero-order chi connectivity index (χ0) is 23.7.